The van der Waals surface area contributed by atoms with Crippen LogP contribution in [0.15, 0.2) is 42.5 Å². The van der Waals surface area contributed by atoms with Crippen LogP contribution < -0.4 is 5.32 Å². The van der Waals surface area contributed by atoms with Gasteiger partial charge >= 0.3 is 12.4 Å². The molecule has 3 aromatic rings. The standard InChI is InChI=1S/C24H15F10NO/c1-11-2-3-13(8-12-4-6-15(7-5-12)23(29,30)31)9-14(11)10-16(36)35-22-20(27)18(25)17(24(32,33)34)19(26)21(22)28/h2-7,9H,8,10H2,1H3,(H,35,36). The molecule has 0 aliphatic heterocycles. The molecule has 0 atom stereocenters. The minimum atomic E-state index is -5.72. The third-order valence-corrected chi connectivity index (χ3v) is 5.27. The number of anilines is 1. The number of nitrogens with one attached hydrogen (secondary N) is 1. The molecule has 0 bridgehead atoms. The molecule has 0 radical (unpaired) electrons. The SMILES string of the molecule is Cc1ccc(Cc2ccc(C(F)(F)F)cc2)cc1CC(=O)Nc1c(F)c(F)c(C(F)(F)F)c(F)c1F. The van der Waals surface area contributed by atoms with Gasteiger partial charge in [-0.3, -0.25) is 4.79 Å². The van der Waals surface area contributed by atoms with Crippen LogP contribution >= 0.6 is 0 Å². The van der Waals surface area contributed by atoms with Gasteiger partial charge in [0.15, 0.2) is 23.3 Å². The average Bonchev–Trinajstić information content (AvgIpc) is 2.76. The summed E-state index contributed by atoms with van der Waals surface area (Å²) >= 11 is 0. The zero-order valence-corrected chi connectivity index (χ0v) is 18.1. The first-order valence-corrected chi connectivity index (χ1v) is 10.1. The summed E-state index contributed by atoms with van der Waals surface area (Å²) in [5.74, 6) is -11.4. The fourth-order valence-electron chi connectivity index (χ4n) is 3.42. The maximum atomic E-state index is 14.1. The molecule has 0 saturated heterocycles. The zero-order chi connectivity index (χ0) is 27.0. The Morgan fingerprint density at radius 1 is 0.750 bits per heavy atom. The second-order valence-electron chi connectivity index (χ2n) is 7.86. The molecule has 0 fully saturated rings. The van der Waals surface area contributed by atoms with Crippen molar-refractivity contribution in [1.29, 1.82) is 0 Å². The predicted octanol–water partition coefficient (Wildman–Crippen LogP) is 7.36. The Balaban J connectivity index is 1.81. The molecule has 0 saturated carbocycles. The number of amides is 1. The average molecular weight is 523 g/mol. The smallest absolute Gasteiger partial charge is 0.321 e. The topological polar surface area (TPSA) is 29.1 Å². The van der Waals surface area contributed by atoms with Gasteiger partial charge < -0.3 is 5.32 Å². The first kappa shape index (κ1) is 27.0. The van der Waals surface area contributed by atoms with E-state index in [1.54, 1.807) is 24.4 Å². The lowest BCUT2D eigenvalue weighted by Crippen LogP contribution is -2.21. The minimum absolute atomic E-state index is 0.172. The number of hydrogen-bond donors (Lipinski definition) is 1. The molecule has 1 N–H and O–H groups in total. The van der Waals surface area contributed by atoms with Gasteiger partial charge in [-0.05, 0) is 47.7 Å². The molecular formula is C24H15F10NO. The Labute approximate surface area is 197 Å². The fourth-order valence-corrected chi connectivity index (χ4v) is 3.42. The molecule has 192 valence electrons. The summed E-state index contributed by atoms with van der Waals surface area (Å²) in [4.78, 5) is 12.3. The summed E-state index contributed by atoms with van der Waals surface area (Å²) in [5, 5.41) is 1.56. The third kappa shape index (κ3) is 5.80. The summed E-state index contributed by atoms with van der Waals surface area (Å²) in [6.45, 7) is 1.57. The molecule has 2 nitrogen and oxygen atoms in total. The van der Waals surface area contributed by atoms with Crippen molar-refractivity contribution in [3.8, 4) is 0 Å². The predicted molar refractivity (Wildman–Crippen MR) is 109 cm³/mol. The first-order valence-electron chi connectivity index (χ1n) is 10.1. The van der Waals surface area contributed by atoms with Crippen LogP contribution in [-0.2, 0) is 30.0 Å². The van der Waals surface area contributed by atoms with Crippen molar-refractivity contribution in [2.45, 2.75) is 32.1 Å². The van der Waals surface area contributed by atoms with Crippen molar-refractivity contribution in [2.24, 2.45) is 0 Å². The lowest BCUT2D eigenvalue weighted by atomic mass is 9.97. The summed E-state index contributed by atoms with van der Waals surface area (Å²) in [6.07, 6.45) is -10.6. The summed E-state index contributed by atoms with van der Waals surface area (Å²) < 4.78 is 132. The molecule has 3 aromatic carbocycles. The van der Waals surface area contributed by atoms with Crippen LogP contribution in [0.1, 0.15) is 33.4 Å². The van der Waals surface area contributed by atoms with E-state index in [9.17, 15) is 48.7 Å². The van der Waals surface area contributed by atoms with Crippen molar-refractivity contribution >= 4 is 11.6 Å². The number of alkyl halides is 6. The quantitative estimate of drug-likeness (QED) is 0.275. The molecule has 0 unspecified atom stereocenters. The highest BCUT2D eigenvalue weighted by Crippen LogP contribution is 2.38. The van der Waals surface area contributed by atoms with Crippen molar-refractivity contribution in [2.75, 3.05) is 5.32 Å². The van der Waals surface area contributed by atoms with Crippen LogP contribution in [0.3, 0.4) is 0 Å². The summed E-state index contributed by atoms with van der Waals surface area (Å²) in [6, 6.07) is 9.05. The third-order valence-electron chi connectivity index (χ3n) is 5.27. The van der Waals surface area contributed by atoms with Crippen LogP contribution in [0.2, 0.25) is 0 Å². The number of aryl methyl sites for hydroxylation is 1. The van der Waals surface area contributed by atoms with Gasteiger partial charge in [0.1, 0.15) is 11.3 Å². The highest BCUT2D eigenvalue weighted by Gasteiger charge is 2.42. The number of hydrogen-bond acceptors (Lipinski definition) is 1. The van der Waals surface area contributed by atoms with Crippen LogP contribution in [0.25, 0.3) is 0 Å². The number of halogens is 10. The summed E-state index contributed by atoms with van der Waals surface area (Å²) in [7, 11) is 0. The molecular weight excluding hydrogens is 508 g/mol. The van der Waals surface area contributed by atoms with Gasteiger partial charge in [0, 0.05) is 0 Å². The van der Waals surface area contributed by atoms with E-state index in [0.717, 1.165) is 12.1 Å². The van der Waals surface area contributed by atoms with E-state index in [-0.39, 0.29) is 6.42 Å². The number of carbonyl (C=O) groups is 1. The van der Waals surface area contributed by atoms with Crippen molar-refractivity contribution in [1.82, 2.24) is 0 Å². The second kappa shape index (κ2) is 9.82. The van der Waals surface area contributed by atoms with Gasteiger partial charge in [0.05, 0.1) is 12.0 Å². The van der Waals surface area contributed by atoms with E-state index in [1.165, 1.54) is 18.2 Å². The maximum absolute atomic E-state index is 14.1. The van der Waals surface area contributed by atoms with Gasteiger partial charge in [0.2, 0.25) is 5.91 Å². The molecule has 0 heterocycles. The normalized spacial score (nSPS) is 12.1. The van der Waals surface area contributed by atoms with E-state index in [4.69, 9.17) is 0 Å². The van der Waals surface area contributed by atoms with E-state index in [2.05, 4.69) is 0 Å². The Bertz CT molecular complexity index is 1270. The van der Waals surface area contributed by atoms with E-state index >= 15 is 0 Å². The second-order valence-corrected chi connectivity index (χ2v) is 7.86. The minimum Gasteiger partial charge on any atom is -0.321 e. The molecule has 3 rings (SSSR count). The zero-order valence-electron chi connectivity index (χ0n) is 18.1. The van der Waals surface area contributed by atoms with Crippen LogP contribution in [0.5, 0.6) is 0 Å². The van der Waals surface area contributed by atoms with Crippen LogP contribution in [-0.4, -0.2) is 5.91 Å². The maximum Gasteiger partial charge on any atom is 0.422 e. The largest absolute Gasteiger partial charge is 0.422 e. The molecule has 0 aliphatic rings. The van der Waals surface area contributed by atoms with E-state index in [0.29, 0.717) is 22.3 Å². The Hall–Kier alpha value is -3.57. The lowest BCUT2D eigenvalue weighted by molar-refractivity contribution is -0.143. The van der Waals surface area contributed by atoms with Crippen LogP contribution in [0.4, 0.5) is 49.6 Å². The van der Waals surface area contributed by atoms with Gasteiger partial charge in [0.25, 0.3) is 0 Å². The molecule has 0 spiro atoms. The molecule has 1 amide bonds. The Kier molecular flexibility index (Phi) is 7.37. The highest BCUT2D eigenvalue weighted by molar-refractivity contribution is 5.92. The van der Waals surface area contributed by atoms with Crippen LogP contribution in [0, 0.1) is 30.2 Å². The Morgan fingerprint density at radius 2 is 1.28 bits per heavy atom. The van der Waals surface area contributed by atoms with Gasteiger partial charge in [-0.2, -0.15) is 26.3 Å². The highest BCUT2D eigenvalue weighted by atomic mass is 19.4. The lowest BCUT2D eigenvalue weighted by Gasteiger charge is -2.15. The summed E-state index contributed by atoms with van der Waals surface area (Å²) in [5.41, 5.74) is -3.40. The van der Waals surface area contributed by atoms with Gasteiger partial charge in [-0.1, -0.05) is 30.3 Å². The van der Waals surface area contributed by atoms with E-state index < -0.39 is 64.8 Å². The van der Waals surface area contributed by atoms with E-state index in [1.807, 2.05) is 0 Å². The van der Waals surface area contributed by atoms with Gasteiger partial charge in [-0.25, -0.2) is 17.6 Å². The molecule has 12 heteroatoms. The number of rotatable bonds is 5. The first-order chi connectivity index (χ1) is 16.6. The molecule has 0 aromatic heterocycles. The Morgan fingerprint density at radius 3 is 1.78 bits per heavy atom. The van der Waals surface area contributed by atoms with Gasteiger partial charge in [-0.15, -0.1) is 0 Å². The van der Waals surface area contributed by atoms with Crippen molar-refractivity contribution in [3.63, 3.8) is 0 Å². The molecule has 0 aliphatic carbocycles. The molecule has 36 heavy (non-hydrogen) atoms. The number of carbonyl (C=O) groups excluding carboxylic acids is 1. The monoisotopic (exact) mass is 523 g/mol. The van der Waals surface area contributed by atoms with Crippen molar-refractivity contribution in [3.05, 3.63) is 99.1 Å². The van der Waals surface area contributed by atoms with Crippen molar-refractivity contribution < 1.29 is 48.7 Å². The fraction of sp³-hybridized carbons (Fsp3) is 0.208. The number of benzene rings is 3.